The Labute approximate surface area is 249 Å². The number of carbonyl (C=O) groups is 2. The van der Waals surface area contributed by atoms with Crippen LogP contribution in [0.3, 0.4) is 0 Å². The molecule has 1 saturated heterocycles. The van der Waals surface area contributed by atoms with Gasteiger partial charge in [-0.3, -0.25) is 4.79 Å². The number of hydrogen-bond donors (Lipinski definition) is 2. The molecule has 3 aromatic rings. The molecule has 2 aliphatic heterocycles. The maximum atomic E-state index is 12.5. The van der Waals surface area contributed by atoms with Gasteiger partial charge in [0.1, 0.15) is 35.4 Å². The highest BCUT2D eigenvalue weighted by Gasteiger charge is 2.42. The van der Waals surface area contributed by atoms with Crippen molar-refractivity contribution < 1.29 is 56.3 Å². The molecule has 2 aliphatic rings. The molecule has 0 amide bonds. The highest BCUT2D eigenvalue weighted by molar-refractivity contribution is 6.30. The number of furan rings is 1. The number of Topliss-reactive ketones (excluding diaryl/α,β-unsaturated/α-hetero) is 1. The van der Waals surface area contributed by atoms with E-state index in [1.54, 1.807) is 6.07 Å². The molecule has 0 saturated carbocycles. The summed E-state index contributed by atoms with van der Waals surface area (Å²) in [6.45, 7) is 3.45. The maximum absolute atomic E-state index is 12.5. The minimum Gasteiger partial charge on any atom is -0.495 e. The van der Waals surface area contributed by atoms with Gasteiger partial charge in [-0.2, -0.15) is 13.2 Å². The van der Waals surface area contributed by atoms with Gasteiger partial charge in [0.15, 0.2) is 17.1 Å². The zero-order valence-corrected chi connectivity index (χ0v) is 24.4. The van der Waals surface area contributed by atoms with Gasteiger partial charge in [0.2, 0.25) is 5.75 Å². The largest absolute Gasteiger partial charge is 0.495 e. The molecule has 1 aromatic heterocycles. The summed E-state index contributed by atoms with van der Waals surface area (Å²) in [6, 6.07) is 7.50. The zero-order valence-electron chi connectivity index (χ0n) is 23.6. The molecule has 3 heterocycles. The van der Waals surface area contributed by atoms with Gasteiger partial charge in [-0.1, -0.05) is 11.6 Å². The predicted octanol–water partition coefficient (Wildman–Crippen LogP) is 5.15. The fourth-order valence-electron chi connectivity index (χ4n) is 5.33. The number of methoxy groups -OCH3 is 2. The number of ketones is 1. The summed E-state index contributed by atoms with van der Waals surface area (Å²) in [5, 5.41) is 19.3. The van der Waals surface area contributed by atoms with Crippen LogP contribution in [0.2, 0.25) is 5.02 Å². The summed E-state index contributed by atoms with van der Waals surface area (Å²) in [4.78, 5) is 23.6. The van der Waals surface area contributed by atoms with Crippen LogP contribution in [0.4, 0.5) is 13.2 Å². The van der Waals surface area contributed by atoms with Crippen molar-refractivity contribution in [3.63, 3.8) is 0 Å². The number of nitrogens with zero attached hydrogens (tertiary/aromatic N) is 1. The number of aliphatic hydroxyl groups is 1. The number of ether oxygens (including phenoxy) is 4. The molecule has 2 N–H and O–H groups in total. The molecule has 1 spiro atoms. The van der Waals surface area contributed by atoms with Crippen molar-refractivity contribution in [1.29, 1.82) is 0 Å². The highest BCUT2D eigenvalue weighted by Crippen LogP contribution is 2.47. The van der Waals surface area contributed by atoms with E-state index in [1.807, 2.05) is 18.2 Å². The Kier molecular flexibility index (Phi) is 9.67. The van der Waals surface area contributed by atoms with Gasteiger partial charge in [0.05, 0.1) is 25.9 Å². The third-order valence-corrected chi connectivity index (χ3v) is 7.53. The van der Waals surface area contributed by atoms with E-state index in [0.29, 0.717) is 29.0 Å². The van der Waals surface area contributed by atoms with Gasteiger partial charge >= 0.3 is 12.1 Å². The van der Waals surface area contributed by atoms with Crippen molar-refractivity contribution >= 4 is 34.3 Å². The van der Waals surface area contributed by atoms with Gasteiger partial charge in [0.25, 0.3) is 0 Å². The lowest BCUT2D eigenvalue weighted by atomic mass is 9.87. The lowest BCUT2D eigenvalue weighted by Crippen LogP contribution is -2.49. The van der Waals surface area contributed by atoms with Crippen LogP contribution in [0.25, 0.3) is 11.0 Å². The molecule has 1 fully saturated rings. The van der Waals surface area contributed by atoms with E-state index in [0.717, 1.165) is 48.7 Å². The van der Waals surface area contributed by atoms with Crippen LogP contribution in [0, 0.1) is 0 Å². The smallest absolute Gasteiger partial charge is 0.490 e. The van der Waals surface area contributed by atoms with E-state index in [9.17, 15) is 23.1 Å². The van der Waals surface area contributed by atoms with Crippen molar-refractivity contribution in [3.8, 4) is 23.0 Å². The molecule has 234 valence electrons. The molecule has 10 nitrogen and oxygen atoms in total. The highest BCUT2D eigenvalue weighted by atomic mass is 35.5. The topological polar surface area (TPSA) is 128 Å². The molecule has 0 bridgehead atoms. The summed E-state index contributed by atoms with van der Waals surface area (Å²) in [5.41, 5.74) is 1.63. The van der Waals surface area contributed by atoms with Crippen molar-refractivity contribution in [2.24, 2.45) is 0 Å². The Bertz CT molecular complexity index is 1480. The maximum Gasteiger partial charge on any atom is 0.490 e. The summed E-state index contributed by atoms with van der Waals surface area (Å²) in [6.07, 6.45) is -1.78. The fourth-order valence-corrected chi connectivity index (χ4v) is 5.52. The normalized spacial score (nSPS) is 16.6. The Morgan fingerprint density at radius 3 is 2.35 bits per heavy atom. The van der Waals surface area contributed by atoms with Gasteiger partial charge in [-0.25, -0.2) is 4.79 Å². The number of piperidine rings is 1. The number of carboxylic acids is 1. The molecular weight excluding hydrogens is 599 g/mol. The van der Waals surface area contributed by atoms with E-state index in [-0.39, 0.29) is 29.3 Å². The predicted molar refractivity (Wildman–Crippen MR) is 149 cm³/mol. The van der Waals surface area contributed by atoms with E-state index in [2.05, 4.69) is 4.90 Å². The average Bonchev–Trinajstić information content (AvgIpc) is 3.56. The number of fused-ring (bicyclic) bond motifs is 2. The second kappa shape index (κ2) is 12.9. The number of hydrogen-bond acceptors (Lipinski definition) is 9. The van der Waals surface area contributed by atoms with E-state index < -0.39 is 18.2 Å². The lowest BCUT2D eigenvalue weighted by Gasteiger charge is -2.39. The number of carbonyl (C=O) groups excluding carboxylic acids is 1. The van der Waals surface area contributed by atoms with Crippen LogP contribution in [0.15, 0.2) is 34.9 Å². The number of rotatable bonds is 8. The minimum absolute atomic E-state index is 0.0197. The molecule has 43 heavy (non-hydrogen) atoms. The molecule has 0 aliphatic carbocycles. The molecule has 5 rings (SSSR count). The van der Waals surface area contributed by atoms with Crippen molar-refractivity contribution in [2.75, 3.05) is 40.5 Å². The van der Waals surface area contributed by atoms with Crippen LogP contribution >= 0.6 is 11.6 Å². The molecule has 2 aromatic carbocycles. The molecule has 14 heteroatoms. The van der Waals surface area contributed by atoms with Crippen molar-refractivity contribution in [3.05, 3.63) is 46.7 Å². The number of benzene rings is 2. The second-order valence-corrected chi connectivity index (χ2v) is 10.7. The van der Waals surface area contributed by atoms with Crippen LogP contribution in [0.1, 0.15) is 35.7 Å². The zero-order chi connectivity index (χ0) is 31.5. The summed E-state index contributed by atoms with van der Waals surface area (Å²) in [5.74, 6) is -1.22. The van der Waals surface area contributed by atoms with E-state index in [1.165, 1.54) is 27.4 Å². The Morgan fingerprint density at radius 1 is 1.12 bits per heavy atom. The van der Waals surface area contributed by atoms with Crippen molar-refractivity contribution in [2.45, 2.75) is 44.1 Å². The number of carboxylic acid groups (broad SMARTS) is 1. The van der Waals surface area contributed by atoms with Crippen LogP contribution in [0.5, 0.6) is 23.0 Å². The fraction of sp³-hybridized carbons (Fsp3) is 0.448. The van der Waals surface area contributed by atoms with Gasteiger partial charge in [-0.05, 0) is 36.8 Å². The molecule has 1 atom stereocenters. The Morgan fingerprint density at radius 2 is 1.77 bits per heavy atom. The van der Waals surface area contributed by atoms with Crippen LogP contribution in [-0.4, -0.2) is 85.2 Å². The Balaban J connectivity index is 0.000000541. The Hall–Kier alpha value is -3.68. The second-order valence-electron chi connectivity index (χ2n) is 10.3. The first-order chi connectivity index (χ1) is 20.3. The molecule has 0 radical (unpaired) electrons. The molecular formula is C29H31ClF3NO9. The third-order valence-electron chi connectivity index (χ3n) is 7.30. The van der Waals surface area contributed by atoms with Crippen LogP contribution < -0.4 is 18.9 Å². The number of aliphatic hydroxyl groups excluding tert-OH is 1. The quantitative estimate of drug-likeness (QED) is 0.323. The first kappa shape index (κ1) is 32.2. The van der Waals surface area contributed by atoms with Gasteiger partial charge < -0.3 is 38.5 Å². The standard InChI is InChI=1S/C27H30ClNO7.C2HF3O2/c1-16(30)22-23(32-2)20-6-11-34-24(20)26(33-3)25(22)35-15-19(31)14-29-9-7-27(8-10-29)13-17-12-18(28)4-5-21(17)36-27;3-2(4,5)1(6)7/h4-6,11-12,19,31H,7-10,13-15H2,1-3H3;(H,6,7)/t19-;/m0./s1. The lowest BCUT2D eigenvalue weighted by molar-refractivity contribution is -0.192. The minimum atomic E-state index is -5.08. The van der Waals surface area contributed by atoms with E-state index in [4.69, 9.17) is 44.9 Å². The summed E-state index contributed by atoms with van der Waals surface area (Å²) < 4.78 is 60.7. The van der Waals surface area contributed by atoms with Gasteiger partial charge in [0, 0.05) is 43.9 Å². The summed E-state index contributed by atoms with van der Waals surface area (Å²) in [7, 11) is 2.97. The van der Waals surface area contributed by atoms with Crippen molar-refractivity contribution in [1.82, 2.24) is 4.90 Å². The van der Waals surface area contributed by atoms with Gasteiger partial charge in [-0.15, -0.1) is 0 Å². The SMILES string of the molecule is COc1c(C(C)=O)c(OC[C@@H](O)CN2CCC3(CC2)Cc2cc(Cl)ccc2O3)c(OC)c2occc12.O=C(O)C(F)(F)F. The third kappa shape index (κ3) is 7.11. The van der Waals surface area contributed by atoms with Crippen LogP contribution in [-0.2, 0) is 11.2 Å². The average molecular weight is 630 g/mol. The van der Waals surface area contributed by atoms with E-state index >= 15 is 0 Å². The monoisotopic (exact) mass is 629 g/mol. The molecule has 0 unspecified atom stereocenters. The number of likely N-dealkylation sites (tertiary alicyclic amines) is 1. The number of β-amino-alcohol motifs (C(OH)–C–C–N with tert-alkyl or cyclic N) is 1. The number of aliphatic carboxylic acids is 1. The number of alkyl halides is 3. The first-order valence-corrected chi connectivity index (χ1v) is 13.6. The first-order valence-electron chi connectivity index (χ1n) is 13.3. The summed E-state index contributed by atoms with van der Waals surface area (Å²) >= 11 is 6.15. The number of halogens is 4.